The summed E-state index contributed by atoms with van der Waals surface area (Å²) in [5.74, 6) is 0.621. The predicted octanol–water partition coefficient (Wildman–Crippen LogP) is 2.86. The standard InChI is InChI=1S/C22H29N3O4S/c1-17(26)24-11-3-5-18-15-21(7-8-22(18)24)30(27,28)25(16-20-6-4-14-29-20)19-9-12-23(2)13-10-19/h4,6-8,14-15,19H,3,5,9-13,16H2,1-2H3. The van der Waals surface area contributed by atoms with Gasteiger partial charge in [-0.1, -0.05) is 0 Å². The van der Waals surface area contributed by atoms with Crippen molar-refractivity contribution in [2.45, 2.75) is 50.1 Å². The van der Waals surface area contributed by atoms with E-state index in [1.807, 2.05) is 6.07 Å². The van der Waals surface area contributed by atoms with Crippen LogP contribution in [0.3, 0.4) is 0 Å². The Bertz CT molecular complexity index is 995. The molecule has 1 fully saturated rings. The molecule has 8 heteroatoms. The van der Waals surface area contributed by atoms with E-state index in [1.165, 1.54) is 0 Å². The highest BCUT2D eigenvalue weighted by atomic mass is 32.2. The SMILES string of the molecule is CC(=O)N1CCCc2cc(S(=O)(=O)N(Cc3ccco3)C3CCN(C)CC3)ccc21. The molecule has 0 atom stereocenters. The molecule has 2 aromatic rings. The Hall–Kier alpha value is -2.16. The maximum Gasteiger partial charge on any atom is 0.243 e. The van der Waals surface area contributed by atoms with Crippen molar-refractivity contribution in [2.24, 2.45) is 0 Å². The molecule has 0 saturated carbocycles. The fraction of sp³-hybridized carbons (Fsp3) is 0.500. The number of piperidine rings is 1. The van der Waals surface area contributed by atoms with Gasteiger partial charge in [-0.2, -0.15) is 4.31 Å². The van der Waals surface area contributed by atoms with Crippen molar-refractivity contribution >= 4 is 21.6 Å². The van der Waals surface area contributed by atoms with Gasteiger partial charge < -0.3 is 14.2 Å². The van der Waals surface area contributed by atoms with Crippen molar-refractivity contribution in [2.75, 3.05) is 31.6 Å². The molecule has 2 aliphatic rings. The number of amides is 1. The maximum absolute atomic E-state index is 13.7. The van der Waals surface area contributed by atoms with E-state index >= 15 is 0 Å². The zero-order valence-corrected chi connectivity index (χ0v) is 18.4. The molecule has 30 heavy (non-hydrogen) atoms. The Balaban J connectivity index is 1.68. The molecule has 7 nitrogen and oxygen atoms in total. The van der Waals surface area contributed by atoms with Gasteiger partial charge in [-0.15, -0.1) is 0 Å². The van der Waals surface area contributed by atoms with Gasteiger partial charge in [0.05, 0.1) is 17.7 Å². The first-order valence-electron chi connectivity index (χ1n) is 10.5. The van der Waals surface area contributed by atoms with Crippen LogP contribution in [0, 0.1) is 0 Å². The van der Waals surface area contributed by atoms with E-state index in [1.54, 1.807) is 46.7 Å². The van der Waals surface area contributed by atoms with Gasteiger partial charge >= 0.3 is 0 Å². The van der Waals surface area contributed by atoms with E-state index in [-0.39, 0.29) is 23.4 Å². The molecule has 0 unspecified atom stereocenters. The number of rotatable bonds is 5. The quantitative estimate of drug-likeness (QED) is 0.728. The zero-order chi connectivity index (χ0) is 21.3. The molecule has 0 spiro atoms. The summed E-state index contributed by atoms with van der Waals surface area (Å²) in [7, 11) is -1.65. The Morgan fingerprint density at radius 3 is 2.63 bits per heavy atom. The van der Waals surface area contributed by atoms with Gasteiger partial charge in [0.25, 0.3) is 0 Å². The number of fused-ring (bicyclic) bond motifs is 1. The van der Waals surface area contributed by atoms with Crippen molar-refractivity contribution in [3.63, 3.8) is 0 Å². The number of benzene rings is 1. The second kappa shape index (κ2) is 8.53. The van der Waals surface area contributed by atoms with Crippen LogP contribution in [-0.4, -0.2) is 56.3 Å². The number of carbonyl (C=O) groups is 1. The van der Waals surface area contributed by atoms with E-state index in [0.29, 0.717) is 12.3 Å². The van der Waals surface area contributed by atoms with Gasteiger partial charge in [0.15, 0.2) is 0 Å². The molecule has 3 heterocycles. The average Bonchev–Trinajstić information content (AvgIpc) is 3.25. The van der Waals surface area contributed by atoms with E-state index in [9.17, 15) is 13.2 Å². The van der Waals surface area contributed by atoms with Crippen molar-refractivity contribution in [1.82, 2.24) is 9.21 Å². The summed E-state index contributed by atoms with van der Waals surface area (Å²) in [4.78, 5) is 16.2. The molecule has 0 radical (unpaired) electrons. The molecule has 162 valence electrons. The lowest BCUT2D eigenvalue weighted by Gasteiger charge is -2.36. The van der Waals surface area contributed by atoms with Gasteiger partial charge in [-0.05, 0) is 81.7 Å². The minimum Gasteiger partial charge on any atom is -0.468 e. The number of nitrogens with zero attached hydrogens (tertiary/aromatic N) is 3. The van der Waals surface area contributed by atoms with Crippen LogP contribution in [0.1, 0.15) is 37.5 Å². The lowest BCUT2D eigenvalue weighted by atomic mass is 10.0. The van der Waals surface area contributed by atoms with E-state index in [2.05, 4.69) is 11.9 Å². The van der Waals surface area contributed by atoms with Crippen molar-refractivity contribution in [3.05, 3.63) is 47.9 Å². The fourth-order valence-corrected chi connectivity index (χ4v) is 6.15. The highest BCUT2D eigenvalue weighted by Gasteiger charge is 2.35. The smallest absolute Gasteiger partial charge is 0.243 e. The minimum atomic E-state index is -3.71. The second-order valence-electron chi connectivity index (χ2n) is 8.23. The second-order valence-corrected chi connectivity index (χ2v) is 10.1. The van der Waals surface area contributed by atoms with Crippen LogP contribution >= 0.6 is 0 Å². The summed E-state index contributed by atoms with van der Waals surface area (Å²) in [6.07, 6.45) is 4.76. The van der Waals surface area contributed by atoms with E-state index < -0.39 is 10.0 Å². The Morgan fingerprint density at radius 2 is 1.97 bits per heavy atom. The lowest BCUT2D eigenvalue weighted by molar-refractivity contribution is -0.116. The number of furan rings is 1. The zero-order valence-electron chi connectivity index (χ0n) is 17.6. The third-order valence-electron chi connectivity index (χ3n) is 6.14. The third-order valence-corrected chi connectivity index (χ3v) is 8.04. The number of carbonyl (C=O) groups excluding carboxylic acids is 1. The monoisotopic (exact) mass is 431 g/mol. The summed E-state index contributed by atoms with van der Waals surface area (Å²) in [6.45, 7) is 4.18. The molecule has 1 amide bonds. The minimum absolute atomic E-state index is 0.0164. The first kappa shape index (κ1) is 21.1. The van der Waals surface area contributed by atoms with Gasteiger partial charge in [0.1, 0.15) is 5.76 Å². The first-order valence-corrected chi connectivity index (χ1v) is 11.9. The summed E-state index contributed by atoms with van der Waals surface area (Å²) in [6, 6.07) is 8.70. The highest BCUT2D eigenvalue weighted by molar-refractivity contribution is 7.89. The summed E-state index contributed by atoms with van der Waals surface area (Å²) >= 11 is 0. The van der Waals surface area contributed by atoms with Crippen molar-refractivity contribution in [3.8, 4) is 0 Å². The maximum atomic E-state index is 13.7. The van der Waals surface area contributed by atoms with Gasteiger partial charge in [-0.3, -0.25) is 4.79 Å². The average molecular weight is 432 g/mol. The predicted molar refractivity (Wildman–Crippen MR) is 115 cm³/mol. The van der Waals surface area contributed by atoms with Crippen LogP contribution in [0.15, 0.2) is 45.9 Å². The molecule has 1 aromatic heterocycles. The largest absolute Gasteiger partial charge is 0.468 e. The lowest BCUT2D eigenvalue weighted by Crippen LogP contribution is -2.46. The molecular formula is C22H29N3O4S. The Labute approximate surface area is 178 Å². The van der Waals surface area contributed by atoms with E-state index in [0.717, 1.165) is 50.0 Å². The van der Waals surface area contributed by atoms with Gasteiger partial charge in [0, 0.05) is 25.2 Å². The number of aryl methyl sites for hydroxylation is 1. The van der Waals surface area contributed by atoms with Gasteiger partial charge in [-0.25, -0.2) is 8.42 Å². The fourth-order valence-electron chi connectivity index (χ4n) is 4.45. The number of likely N-dealkylation sites (tertiary alicyclic amines) is 1. The number of hydrogen-bond donors (Lipinski definition) is 0. The molecule has 4 rings (SSSR count). The van der Waals surface area contributed by atoms with Crippen LogP contribution in [-0.2, 0) is 27.8 Å². The third kappa shape index (κ3) is 4.17. The molecular weight excluding hydrogens is 402 g/mol. The van der Waals surface area contributed by atoms with Crippen LogP contribution < -0.4 is 4.90 Å². The Morgan fingerprint density at radius 1 is 1.20 bits per heavy atom. The molecule has 1 aromatic carbocycles. The van der Waals surface area contributed by atoms with E-state index in [4.69, 9.17) is 4.42 Å². The summed E-state index contributed by atoms with van der Waals surface area (Å²) < 4.78 is 34.5. The van der Waals surface area contributed by atoms with Crippen LogP contribution in [0.25, 0.3) is 0 Å². The van der Waals surface area contributed by atoms with Crippen molar-refractivity contribution < 1.29 is 17.6 Å². The van der Waals surface area contributed by atoms with Crippen LogP contribution in [0.5, 0.6) is 0 Å². The number of sulfonamides is 1. The van der Waals surface area contributed by atoms with Gasteiger partial charge in [0.2, 0.25) is 15.9 Å². The topological polar surface area (TPSA) is 74.1 Å². The molecule has 1 saturated heterocycles. The normalized spacial score (nSPS) is 18.6. The van der Waals surface area contributed by atoms with Crippen LogP contribution in [0.4, 0.5) is 5.69 Å². The highest BCUT2D eigenvalue weighted by Crippen LogP contribution is 2.32. The number of hydrogen-bond acceptors (Lipinski definition) is 5. The van der Waals surface area contributed by atoms with Crippen LogP contribution in [0.2, 0.25) is 0 Å². The Kier molecular flexibility index (Phi) is 5.99. The first-order chi connectivity index (χ1) is 14.4. The molecule has 0 N–H and O–H groups in total. The molecule has 0 bridgehead atoms. The molecule has 0 aliphatic carbocycles. The number of anilines is 1. The summed E-state index contributed by atoms with van der Waals surface area (Å²) in [5, 5.41) is 0. The molecule has 2 aliphatic heterocycles. The van der Waals surface area contributed by atoms with Crippen molar-refractivity contribution in [1.29, 1.82) is 0 Å². The summed E-state index contributed by atoms with van der Waals surface area (Å²) in [5.41, 5.74) is 1.74.